The number of carbonyl (C=O) groups is 1. The molecule has 3 aliphatic heterocycles. The van der Waals surface area contributed by atoms with Gasteiger partial charge in [0.25, 0.3) is 5.91 Å². The van der Waals surface area contributed by atoms with Gasteiger partial charge in [0.15, 0.2) is 5.60 Å². The fourth-order valence-corrected chi connectivity index (χ4v) is 5.39. The lowest BCUT2D eigenvalue weighted by Crippen LogP contribution is -2.50. The summed E-state index contributed by atoms with van der Waals surface area (Å²) in [6.07, 6.45) is 7.98. The van der Waals surface area contributed by atoms with Crippen LogP contribution in [0.3, 0.4) is 0 Å². The first-order chi connectivity index (χ1) is 14.2. The lowest BCUT2D eigenvalue weighted by Gasteiger charge is -2.38. The van der Waals surface area contributed by atoms with Crippen molar-refractivity contribution in [3.8, 4) is 0 Å². The van der Waals surface area contributed by atoms with Crippen LogP contribution in [0.5, 0.6) is 0 Å². The first-order valence-electron chi connectivity index (χ1n) is 11.0. The van der Waals surface area contributed by atoms with Crippen LogP contribution < -0.4 is 4.90 Å². The summed E-state index contributed by atoms with van der Waals surface area (Å²) in [6, 6.07) is 14.9. The van der Waals surface area contributed by atoms with Crippen molar-refractivity contribution in [3.05, 3.63) is 59.8 Å². The Morgan fingerprint density at radius 2 is 1.72 bits per heavy atom. The summed E-state index contributed by atoms with van der Waals surface area (Å²) in [5, 5.41) is 0. The van der Waals surface area contributed by atoms with Crippen LogP contribution in [0.2, 0.25) is 0 Å². The van der Waals surface area contributed by atoms with Crippen molar-refractivity contribution in [2.45, 2.75) is 62.3 Å². The number of carbonyl (C=O) groups excluding carboxylic acids is 1. The van der Waals surface area contributed by atoms with E-state index in [9.17, 15) is 4.79 Å². The van der Waals surface area contributed by atoms with Gasteiger partial charge in [0.1, 0.15) is 12.0 Å². The topological polar surface area (TPSA) is 45.7 Å². The molecule has 6 rings (SSSR count). The maximum Gasteiger partial charge on any atom is 0.257 e. The van der Waals surface area contributed by atoms with Crippen molar-refractivity contribution >= 4 is 11.7 Å². The third kappa shape index (κ3) is 2.86. The highest BCUT2D eigenvalue weighted by atomic mass is 16.6. The number of nitrogens with zero attached hydrogens (tertiary/aromatic N) is 3. The minimum atomic E-state index is -0.636. The summed E-state index contributed by atoms with van der Waals surface area (Å²) in [7, 11) is 0. The van der Waals surface area contributed by atoms with Gasteiger partial charge in [0, 0.05) is 32.1 Å². The van der Waals surface area contributed by atoms with Gasteiger partial charge in [-0.2, -0.15) is 0 Å². The molecule has 0 bridgehead atoms. The standard InChI is InChI=1S/C24H27N3O2/c28-23-24(29-22-11-9-20(27(22)23)18-4-2-1-3-5-18)12-14-26(15-13-24)21-10-8-19(16-25-21)17-6-7-17/h1-5,8,10,16-17,20,22H,6-7,9,11-15H2/t20-,22+/m0/s1. The fourth-order valence-electron chi connectivity index (χ4n) is 5.39. The first kappa shape index (κ1) is 17.5. The highest BCUT2D eigenvalue weighted by Crippen LogP contribution is 2.48. The van der Waals surface area contributed by atoms with Crippen molar-refractivity contribution in [1.82, 2.24) is 9.88 Å². The van der Waals surface area contributed by atoms with E-state index in [4.69, 9.17) is 9.72 Å². The quantitative estimate of drug-likeness (QED) is 0.795. The second-order valence-electron chi connectivity index (χ2n) is 8.99. The third-order valence-corrected chi connectivity index (χ3v) is 7.22. The number of hydrogen-bond donors (Lipinski definition) is 0. The van der Waals surface area contributed by atoms with Crippen LogP contribution in [0.1, 0.15) is 61.6 Å². The second-order valence-corrected chi connectivity index (χ2v) is 8.99. The Morgan fingerprint density at radius 1 is 0.931 bits per heavy atom. The number of benzene rings is 1. The van der Waals surface area contributed by atoms with Crippen molar-refractivity contribution in [3.63, 3.8) is 0 Å². The molecule has 150 valence electrons. The molecule has 1 saturated carbocycles. The smallest absolute Gasteiger partial charge is 0.257 e. The molecule has 2 aromatic rings. The molecule has 5 nitrogen and oxygen atoms in total. The molecule has 1 spiro atoms. The zero-order chi connectivity index (χ0) is 19.4. The zero-order valence-electron chi connectivity index (χ0n) is 16.7. The van der Waals surface area contributed by atoms with Gasteiger partial charge in [0.2, 0.25) is 0 Å². The molecule has 4 heterocycles. The van der Waals surface area contributed by atoms with Crippen LogP contribution in [0.15, 0.2) is 48.7 Å². The van der Waals surface area contributed by atoms with E-state index in [1.165, 1.54) is 24.0 Å². The molecule has 1 aliphatic carbocycles. The van der Waals surface area contributed by atoms with Gasteiger partial charge in [0.05, 0.1) is 6.04 Å². The Balaban J connectivity index is 1.16. The van der Waals surface area contributed by atoms with Crippen molar-refractivity contribution in [2.24, 2.45) is 0 Å². The molecule has 1 amide bonds. The molecule has 29 heavy (non-hydrogen) atoms. The maximum atomic E-state index is 13.5. The van der Waals surface area contributed by atoms with Gasteiger partial charge in [-0.15, -0.1) is 0 Å². The Hall–Kier alpha value is -2.40. The largest absolute Gasteiger partial charge is 0.356 e. The van der Waals surface area contributed by atoms with E-state index in [2.05, 4.69) is 41.3 Å². The molecule has 1 aromatic carbocycles. The number of fused-ring (bicyclic) bond motifs is 1. The Morgan fingerprint density at radius 3 is 2.41 bits per heavy atom. The second kappa shape index (κ2) is 6.56. The molecule has 0 unspecified atom stereocenters. The van der Waals surface area contributed by atoms with Gasteiger partial charge in [-0.1, -0.05) is 36.4 Å². The lowest BCUT2D eigenvalue weighted by atomic mass is 9.89. The molecule has 3 saturated heterocycles. The molecule has 0 radical (unpaired) electrons. The normalized spacial score (nSPS) is 28.2. The van der Waals surface area contributed by atoms with Crippen molar-refractivity contribution < 1.29 is 9.53 Å². The Labute approximate surface area is 171 Å². The average molecular weight is 389 g/mol. The number of anilines is 1. The highest BCUT2D eigenvalue weighted by Gasteiger charge is 2.57. The summed E-state index contributed by atoms with van der Waals surface area (Å²) < 4.78 is 6.45. The van der Waals surface area contributed by atoms with Crippen LogP contribution >= 0.6 is 0 Å². The van der Waals surface area contributed by atoms with Crippen molar-refractivity contribution in [2.75, 3.05) is 18.0 Å². The maximum absolute atomic E-state index is 13.5. The number of rotatable bonds is 3. The molecule has 1 aromatic heterocycles. The predicted molar refractivity (Wildman–Crippen MR) is 111 cm³/mol. The van der Waals surface area contributed by atoms with Gasteiger partial charge in [-0.3, -0.25) is 4.79 Å². The average Bonchev–Trinajstić information content (AvgIpc) is 3.49. The van der Waals surface area contributed by atoms with Gasteiger partial charge >= 0.3 is 0 Å². The molecular formula is C24H27N3O2. The number of piperidine rings is 1. The van der Waals surface area contributed by atoms with E-state index < -0.39 is 5.60 Å². The van der Waals surface area contributed by atoms with E-state index in [1.54, 1.807) is 0 Å². The lowest BCUT2D eigenvalue weighted by molar-refractivity contribution is -0.140. The molecule has 4 fully saturated rings. The van der Waals surface area contributed by atoms with E-state index in [0.29, 0.717) is 0 Å². The SMILES string of the molecule is O=C1N2[C@@H](CC[C@H]2c2ccccc2)OC12CCN(c1ccc(C3CC3)cn1)CC2. The first-order valence-corrected chi connectivity index (χ1v) is 11.0. The molecular weight excluding hydrogens is 362 g/mol. The third-order valence-electron chi connectivity index (χ3n) is 7.22. The summed E-state index contributed by atoms with van der Waals surface area (Å²) in [5.41, 5.74) is 1.95. The number of ether oxygens (including phenoxy) is 1. The Kier molecular flexibility index (Phi) is 3.95. The molecule has 2 atom stereocenters. The van der Waals surface area contributed by atoms with E-state index >= 15 is 0 Å². The van der Waals surface area contributed by atoms with Crippen molar-refractivity contribution in [1.29, 1.82) is 0 Å². The molecule has 4 aliphatic rings. The van der Waals surface area contributed by atoms with Gasteiger partial charge in [-0.05, 0) is 48.8 Å². The summed E-state index contributed by atoms with van der Waals surface area (Å²) in [5.74, 6) is 1.96. The van der Waals surface area contributed by atoms with Gasteiger partial charge < -0.3 is 14.5 Å². The van der Waals surface area contributed by atoms with Crippen LogP contribution in [0, 0.1) is 0 Å². The molecule has 0 N–H and O–H groups in total. The minimum Gasteiger partial charge on any atom is -0.356 e. The number of amides is 1. The molecule has 5 heteroatoms. The van der Waals surface area contributed by atoms with E-state index in [-0.39, 0.29) is 18.2 Å². The van der Waals surface area contributed by atoms with Crippen LogP contribution in [-0.2, 0) is 9.53 Å². The number of hydrogen-bond acceptors (Lipinski definition) is 4. The number of pyridine rings is 1. The summed E-state index contributed by atoms with van der Waals surface area (Å²) in [4.78, 5) is 22.5. The van der Waals surface area contributed by atoms with E-state index in [0.717, 1.165) is 50.5 Å². The zero-order valence-corrected chi connectivity index (χ0v) is 16.7. The van der Waals surface area contributed by atoms with Gasteiger partial charge in [-0.25, -0.2) is 4.98 Å². The predicted octanol–water partition coefficient (Wildman–Crippen LogP) is 4.02. The van der Waals surface area contributed by atoms with Crippen LogP contribution in [0.4, 0.5) is 5.82 Å². The van der Waals surface area contributed by atoms with Crippen LogP contribution in [0.25, 0.3) is 0 Å². The summed E-state index contributed by atoms with van der Waals surface area (Å²) in [6.45, 7) is 1.64. The minimum absolute atomic E-state index is 0.0600. The fraction of sp³-hybridized carbons (Fsp3) is 0.500. The van der Waals surface area contributed by atoms with E-state index in [1.807, 2.05) is 17.2 Å². The summed E-state index contributed by atoms with van der Waals surface area (Å²) >= 11 is 0. The Bertz CT molecular complexity index is 901. The highest BCUT2D eigenvalue weighted by molar-refractivity contribution is 5.88. The monoisotopic (exact) mass is 389 g/mol. The number of aromatic nitrogens is 1. The van der Waals surface area contributed by atoms with Crippen LogP contribution in [-0.4, -0.2) is 40.7 Å².